The van der Waals surface area contributed by atoms with Gasteiger partial charge in [-0.05, 0) is 6.07 Å². The van der Waals surface area contributed by atoms with Gasteiger partial charge in [0.05, 0.1) is 21.8 Å². The fourth-order valence-corrected chi connectivity index (χ4v) is 1.66. The number of nitro groups is 2. The fourth-order valence-electron chi connectivity index (χ4n) is 1.10. The highest BCUT2D eigenvalue weighted by Gasteiger charge is 2.24. The number of hydrogen-bond acceptors (Lipinski definition) is 6. The smallest absolute Gasteiger partial charge is 0.284 e. The van der Waals surface area contributed by atoms with Gasteiger partial charge in [0.15, 0.2) is 0 Å². The van der Waals surface area contributed by atoms with E-state index < -0.39 is 31.2 Å². The van der Waals surface area contributed by atoms with Crippen LogP contribution in [0.4, 0.5) is 17.1 Å². The minimum absolute atomic E-state index is 0.107. The Morgan fingerprint density at radius 3 is 2.06 bits per heavy atom. The van der Waals surface area contributed by atoms with Crippen LogP contribution in [0, 0.1) is 20.2 Å². The maximum absolute atomic E-state index is 10.9. The van der Waals surface area contributed by atoms with Crippen LogP contribution in [-0.4, -0.2) is 24.5 Å². The average molecular weight is 261 g/mol. The van der Waals surface area contributed by atoms with Crippen LogP contribution in [0.25, 0.3) is 0 Å². The summed E-state index contributed by atoms with van der Waals surface area (Å²) < 4.78 is 23.8. The molecule has 0 saturated carbocycles. The van der Waals surface area contributed by atoms with Gasteiger partial charge in [0.2, 0.25) is 10.0 Å². The molecule has 0 fully saturated rings. The van der Waals surface area contributed by atoms with E-state index in [0.29, 0.717) is 0 Å². The van der Waals surface area contributed by atoms with Gasteiger partial charge in [0, 0.05) is 12.1 Å². The van der Waals surface area contributed by atoms with Crippen LogP contribution < -0.4 is 4.72 Å². The lowest BCUT2D eigenvalue weighted by Gasteiger charge is -2.03. The van der Waals surface area contributed by atoms with Crippen LogP contribution in [-0.2, 0) is 10.0 Å². The molecule has 0 unspecified atom stereocenters. The topological polar surface area (TPSA) is 132 Å². The zero-order valence-electron chi connectivity index (χ0n) is 8.48. The molecular weight excluding hydrogens is 254 g/mol. The van der Waals surface area contributed by atoms with E-state index in [2.05, 4.69) is 0 Å². The Bertz CT molecular complexity index is 581. The molecule has 1 aromatic rings. The first-order valence-corrected chi connectivity index (χ1v) is 6.00. The average Bonchev–Trinajstić information content (AvgIpc) is 2.14. The molecule has 0 radical (unpaired) electrons. The van der Waals surface area contributed by atoms with Gasteiger partial charge in [0.1, 0.15) is 0 Å². The maximum atomic E-state index is 10.9. The minimum atomic E-state index is -3.60. The van der Waals surface area contributed by atoms with Gasteiger partial charge in [0.25, 0.3) is 0 Å². The lowest BCUT2D eigenvalue weighted by atomic mass is 10.2. The Balaban J connectivity index is 3.28. The second-order valence-corrected chi connectivity index (χ2v) is 4.84. The van der Waals surface area contributed by atoms with Crippen molar-refractivity contribution in [2.75, 3.05) is 11.0 Å². The predicted octanol–water partition coefficient (Wildman–Crippen LogP) is 0.874. The van der Waals surface area contributed by atoms with Crippen LogP contribution in [0.1, 0.15) is 0 Å². The molecule has 0 bridgehead atoms. The van der Waals surface area contributed by atoms with Crippen LogP contribution >= 0.6 is 0 Å². The van der Waals surface area contributed by atoms with Crippen LogP contribution in [0.15, 0.2) is 18.2 Å². The van der Waals surface area contributed by atoms with Gasteiger partial charge < -0.3 is 0 Å². The van der Waals surface area contributed by atoms with Crippen molar-refractivity contribution in [1.82, 2.24) is 0 Å². The van der Waals surface area contributed by atoms with Crippen molar-refractivity contribution in [2.45, 2.75) is 0 Å². The SMILES string of the molecule is CS(=O)(=O)Nc1ccc([N+](=O)[O-])c([N+](=O)[O-])c1. The first-order valence-electron chi connectivity index (χ1n) is 4.11. The van der Waals surface area contributed by atoms with Gasteiger partial charge in [-0.15, -0.1) is 0 Å². The largest absolute Gasteiger partial charge is 0.348 e. The molecule has 10 heteroatoms. The van der Waals surface area contributed by atoms with Crippen molar-refractivity contribution in [2.24, 2.45) is 0 Å². The summed E-state index contributed by atoms with van der Waals surface area (Å²) in [5.74, 6) is 0. The molecule has 0 amide bonds. The number of nitrogens with zero attached hydrogens (tertiary/aromatic N) is 2. The van der Waals surface area contributed by atoms with Crippen molar-refractivity contribution in [1.29, 1.82) is 0 Å². The number of rotatable bonds is 4. The second kappa shape index (κ2) is 4.33. The zero-order chi connectivity index (χ0) is 13.2. The van der Waals surface area contributed by atoms with Crippen molar-refractivity contribution < 1.29 is 18.3 Å². The van der Waals surface area contributed by atoms with Gasteiger partial charge in [-0.2, -0.15) is 0 Å². The summed E-state index contributed by atoms with van der Waals surface area (Å²) >= 11 is 0. The number of nitrogens with one attached hydrogen (secondary N) is 1. The van der Waals surface area contributed by atoms with Gasteiger partial charge in [-0.25, -0.2) is 8.42 Å². The van der Waals surface area contributed by atoms with Gasteiger partial charge >= 0.3 is 11.4 Å². The van der Waals surface area contributed by atoms with Crippen molar-refractivity contribution in [3.05, 3.63) is 38.4 Å². The fraction of sp³-hybridized carbons (Fsp3) is 0.143. The zero-order valence-corrected chi connectivity index (χ0v) is 9.30. The Labute approximate surface area is 95.4 Å². The van der Waals surface area contributed by atoms with E-state index in [-0.39, 0.29) is 5.69 Å². The van der Waals surface area contributed by atoms with E-state index >= 15 is 0 Å². The minimum Gasteiger partial charge on any atom is -0.284 e. The van der Waals surface area contributed by atoms with E-state index in [1.807, 2.05) is 4.72 Å². The summed E-state index contributed by atoms with van der Waals surface area (Å²) in [7, 11) is -3.60. The third-order valence-corrected chi connectivity index (χ3v) is 2.28. The lowest BCUT2D eigenvalue weighted by molar-refractivity contribution is -0.422. The van der Waals surface area contributed by atoms with Crippen molar-refractivity contribution in [3.63, 3.8) is 0 Å². The van der Waals surface area contributed by atoms with Crippen LogP contribution in [0.2, 0.25) is 0 Å². The molecule has 0 saturated heterocycles. The summed E-state index contributed by atoms with van der Waals surface area (Å²) in [4.78, 5) is 19.2. The molecule has 0 spiro atoms. The summed E-state index contributed by atoms with van der Waals surface area (Å²) in [6, 6.07) is 2.73. The van der Waals surface area contributed by atoms with Crippen LogP contribution in [0.5, 0.6) is 0 Å². The quantitative estimate of drug-likeness (QED) is 0.631. The Hall–Kier alpha value is -2.23. The van der Waals surface area contributed by atoms with E-state index in [1.54, 1.807) is 0 Å². The van der Waals surface area contributed by atoms with Gasteiger partial charge in [-0.3, -0.25) is 25.0 Å². The normalized spacial score (nSPS) is 10.9. The molecule has 1 rings (SSSR count). The molecular formula is C7H7N3O6S. The molecule has 0 aliphatic heterocycles. The molecule has 0 atom stereocenters. The third kappa shape index (κ3) is 3.38. The first kappa shape index (κ1) is 12.8. The van der Waals surface area contributed by atoms with Crippen LogP contribution in [0.3, 0.4) is 0 Å². The maximum Gasteiger partial charge on any atom is 0.348 e. The monoisotopic (exact) mass is 261 g/mol. The molecule has 92 valence electrons. The molecule has 0 aromatic heterocycles. The number of benzene rings is 1. The highest BCUT2D eigenvalue weighted by atomic mass is 32.2. The number of nitro benzene ring substituents is 2. The van der Waals surface area contributed by atoms with E-state index in [4.69, 9.17) is 0 Å². The molecule has 0 aliphatic carbocycles. The molecule has 1 N–H and O–H groups in total. The number of hydrogen-bond donors (Lipinski definition) is 1. The summed E-state index contributed by atoms with van der Waals surface area (Å²) in [5, 5.41) is 21.1. The van der Waals surface area contributed by atoms with E-state index in [9.17, 15) is 28.6 Å². The highest BCUT2D eigenvalue weighted by molar-refractivity contribution is 7.92. The molecule has 17 heavy (non-hydrogen) atoms. The van der Waals surface area contributed by atoms with Crippen molar-refractivity contribution >= 4 is 27.1 Å². The highest BCUT2D eigenvalue weighted by Crippen LogP contribution is 2.29. The first-order chi connectivity index (χ1) is 7.70. The standard InChI is InChI=1S/C7H7N3O6S/c1-17(15,16)8-5-2-3-6(9(11)12)7(4-5)10(13)14/h2-4,8H,1H3. The summed E-state index contributed by atoms with van der Waals surface area (Å²) in [6.45, 7) is 0. The van der Waals surface area contributed by atoms with Gasteiger partial charge in [-0.1, -0.05) is 0 Å². The third-order valence-electron chi connectivity index (χ3n) is 1.67. The van der Waals surface area contributed by atoms with E-state index in [0.717, 1.165) is 24.5 Å². The molecule has 0 aliphatic rings. The Kier molecular flexibility index (Phi) is 3.27. The summed E-state index contributed by atoms with van der Waals surface area (Å²) in [6.07, 6.45) is 0.861. The molecule has 1 aromatic carbocycles. The van der Waals surface area contributed by atoms with E-state index in [1.165, 1.54) is 0 Å². The number of sulfonamides is 1. The Morgan fingerprint density at radius 2 is 1.65 bits per heavy atom. The number of anilines is 1. The van der Waals surface area contributed by atoms with Crippen molar-refractivity contribution in [3.8, 4) is 0 Å². The predicted molar refractivity (Wildman–Crippen MR) is 58.2 cm³/mol. The summed E-state index contributed by atoms with van der Waals surface area (Å²) in [5.41, 5.74) is -1.58. The molecule has 9 nitrogen and oxygen atoms in total. The lowest BCUT2D eigenvalue weighted by Crippen LogP contribution is -2.10. The Morgan fingerprint density at radius 1 is 1.12 bits per heavy atom. The second-order valence-electron chi connectivity index (χ2n) is 3.09. The molecule has 0 heterocycles.